The molecule has 3 heteroatoms. The van der Waals surface area contributed by atoms with Gasteiger partial charge in [0.2, 0.25) is 0 Å². The maximum absolute atomic E-state index is 5.88. The van der Waals surface area contributed by atoms with Crippen LogP contribution in [-0.2, 0) is 17.9 Å². The third kappa shape index (κ3) is 2.92. The van der Waals surface area contributed by atoms with E-state index in [1.807, 2.05) is 18.2 Å². The zero-order valence-corrected chi connectivity index (χ0v) is 11.2. The average molecular weight is 247 g/mol. The van der Waals surface area contributed by atoms with Crippen molar-refractivity contribution in [2.45, 2.75) is 33.4 Å². The Morgan fingerprint density at radius 2 is 2.06 bits per heavy atom. The smallest absolute Gasteiger partial charge is 0.135 e. The van der Waals surface area contributed by atoms with E-state index in [0.29, 0.717) is 6.61 Å². The number of furan rings is 1. The number of fused-ring (bicyclic) bond motifs is 1. The van der Waals surface area contributed by atoms with E-state index in [-0.39, 0.29) is 0 Å². The van der Waals surface area contributed by atoms with Crippen LogP contribution in [0.25, 0.3) is 11.0 Å². The van der Waals surface area contributed by atoms with Gasteiger partial charge in [-0.1, -0.05) is 32.0 Å². The van der Waals surface area contributed by atoms with Gasteiger partial charge in [-0.3, -0.25) is 0 Å². The van der Waals surface area contributed by atoms with Gasteiger partial charge in [0.1, 0.15) is 18.0 Å². The molecule has 18 heavy (non-hydrogen) atoms. The van der Waals surface area contributed by atoms with Crippen molar-refractivity contribution in [1.82, 2.24) is 5.32 Å². The van der Waals surface area contributed by atoms with Crippen LogP contribution in [0.2, 0.25) is 0 Å². The van der Waals surface area contributed by atoms with Crippen molar-refractivity contribution in [1.29, 1.82) is 0 Å². The Bertz CT molecular complexity index is 490. The Balaban J connectivity index is 2.25. The van der Waals surface area contributed by atoms with Gasteiger partial charge in [-0.2, -0.15) is 0 Å². The molecular weight excluding hydrogens is 226 g/mol. The van der Waals surface area contributed by atoms with Crippen LogP contribution in [-0.4, -0.2) is 13.2 Å². The van der Waals surface area contributed by atoms with Crippen molar-refractivity contribution < 1.29 is 9.15 Å². The molecule has 0 aliphatic heterocycles. The first-order valence-corrected chi connectivity index (χ1v) is 6.64. The van der Waals surface area contributed by atoms with Crippen LogP contribution in [0.4, 0.5) is 0 Å². The highest BCUT2D eigenvalue weighted by Gasteiger charge is 2.13. The van der Waals surface area contributed by atoms with Crippen LogP contribution < -0.4 is 5.32 Å². The van der Waals surface area contributed by atoms with Gasteiger partial charge in [-0.25, -0.2) is 0 Å². The Kier molecular flexibility index (Phi) is 4.79. The van der Waals surface area contributed by atoms with Gasteiger partial charge in [0, 0.05) is 24.1 Å². The number of hydrogen-bond donors (Lipinski definition) is 1. The largest absolute Gasteiger partial charge is 0.458 e. The highest BCUT2D eigenvalue weighted by molar-refractivity contribution is 5.82. The van der Waals surface area contributed by atoms with Crippen molar-refractivity contribution in [3.05, 3.63) is 35.6 Å². The number of ether oxygens (including phenoxy) is 1. The van der Waals surface area contributed by atoms with Gasteiger partial charge in [0.15, 0.2) is 0 Å². The second kappa shape index (κ2) is 6.57. The fraction of sp³-hybridized carbons (Fsp3) is 0.467. The number of para-hydroxylation sites is 1. The van der Waals surface area contributed by atoms with E-state index in [4.69, 9.17) is 9.15 Å². The van der Waals surface area contributed by atoms with E-state index >= 15 is 0 Å². The van der Waals surface area contributed by atoms with Gasteiger partial charge in [0.05, 0.1) is 0 Å². The number of nitrogens with one attached hydrogen (secondary N) is 1. The molecule has 1 heterocycles. The topological polar surface area (TPSA) is 34.4 Å². The second-order valence-electron chi connectivity index (χ2n) is 4.33. The molecule has 0 saturated carbocycles. The van der Waals surface area contributed by atoms with Crippen molar-refractivity contribution >= 4 is 11.0 Å². The van der Waals surface area contributed by atoms with Crippen molar-refractivity contribution in [2.24, 2.45) is 0 Å². The molecule has 0 aliphatic rings. The molecule has 0 saturated heterocycles. The molecule has 2 rings (SSSR count). The molecule has 0 spiro atoms. The maximum atomic E-state index is 5.88. The zero-order chi connectivity index (χ0) is 12.8. The molecule has 0 unspecified atom stereocenters. The highest BCUT2D eigenvalue weighted by atomic mass is 16.5. The molecule has 0 atom stereocenters. The first-order valence-electron chi connectivity index (χ1n) is 6.64. The van der Waals surface area contributed by atoms with E-state index in [9.17, 15) is 0 Å². The molecule has 3 nitrogen and oxygen atoms in total. The summed E-state index contributed by atoms with van der Waals surface area (Å²) in [5.74, 6) is 0.950. The third-order valence-corrected chi connectivity index (χ3v) is 2.92. The first-order chi connectivity index (χ1) is 8.86. The molecule has 0 fully saturated rings. The maximum Gasteiger partial charge on any atom is 0.135 e. The van der Waals surface area contributed by atoms with Crippen LogP contribution in [0.5, 0.6) is 0 Å². The molecule has 1 N–H and O–H groups in total. The van der Waals surface area contributed by atoms with Crippen LogP contribution in [0.3, 0.4) is 0 Å². The van der Waals surface area contributed by atoms with Crippen LogP contribution in [0.1, 0.15) is 31.6 Å². The lowest BCUT2D eigenvalue weighted by Gasteiger charge is -2.04. The predicted octanol–water partition coefficient (Wildman–Crippen LogP) is 3.47. The normalized spacial score (nSPS) is 11.2. The summed E-state index contributed by atoms with van der Waals surface area (Å²) in [6.07, 6.45) is 1.03. The Morgan fingerprint density at radius 1 is 1.22 bits per heavy atom. The molecule has 0 radical (unpaired) electrons. The molecule has 1 aromatic carbocycles. The monoisotopic (exact) mass is 247 g/mol. The Labute approximate surface area is 108 Å². The molecule has 1 aromatic heterocycles. The minimum Gasteiger partial charge on any atom is -0.458 e. The van der Waals surface area contributed by atoms with E-state index in [1.54, 1.807) is 0 Å². The summed E-state index contributed by atoms with van der Waals surface area (Å²) in [6, 6.07) is 8.16. The Hall–Kier alpha value is -1.32. The van der Waals surface area contributed by atoms with Crippen molar-refractivity contribution in [2.75, 3.05) is 13.2 Å². The van der Waals surface area contributed by atoms with Crippen molar-refractivity contribution in [3.8, 4) is 0 Å². The average Bonchev–Trinajstić information content (AvgIpc) is 2.74. The lowest BCUT2D eigenvalue weighted by Crippen LogP contribution is -2.12. The number of hydrogen-bond acceptors (Lipinski definition) is 3. The fourth-order valence-corrected chi connectivity index (χ4v) is 2.02. The molecule has 98 valence electrons. The summed E-state index contributed by atoms with van der Waals surface area (Å²) in [4.78, 5) is 0. The van der Waals surface area contributed by atoms with Gasteiger partial charge >= 0.3 is 0 Å². The molecular formula is C15H21NO2. The SMILES string of the molecule is CCCOCc1oc2ccccc2c1CNCC. The van der Waals surface area contributed by atoms with Gasteiger partial charge in [-0.05, 0) is 19.0 Å². The standard InChI is InChI=1S/C15H21NO2/c1-3-9-17-11-15-13(10-16-4-2)12-7-5-6-8-14(12)18-15/h5-8,16H,3-4,9-11H2,1-2H3. The van der Waals surface area contributed by atoms with Gasteiger partial charge in [-0.15, -0.1) is 0 Å². The zero-order valence-electron chi connectivity index (χ0n) is 11.2. The summed E-state index contributed by atoms with van der Waals surface area (Å²) < 4.78 is 11.5. The second-order valence-corrected chi connectivity index (χ2v) is 4.33. The summed E-state index contributed by atoms with van der Waals surface area (Å²) in [5, 5.41) is 4.55. The van der Waals surface area contributed by atoms with E-state index in [1.165, 1.54) is 10.9 Å². The van der Waals surface area contributed by atoms with E-state index < -0.39 is 0 Å². The lowest BCUT2D eigenvalue weighted by molar-refractivity contribution is 0.107. The fourth-order valence-electron chi connectivity index (χ4n) is 2.02. The van der Waals surface area contributed by atoms with Crippen LogP contribution in [0.15, 0.2) is 28.7 Å². The number of rotatable bonds is 7. The summed E-state index contributed by atoms with van der Waals surface area (Å²) in [5.41, 5.74) is 2.17. The molecule has 0 aliphatic carbocycles. The van der Waals surface area contributed by atoms with E-state index in [2.05, 4.69) is 25.2 Å². The lowest BCUT2D eigenvalue weighted by atomic mass is 10.1. The van der Waals surface area contributed by atoms with Crippen LogP contribution >= 0.6 is 0 Å². The minimum absolute atomic E-state index is 0.559. The predicted molar refractivity (Wildman–Crippen MR) is 73.5 cm³/mol. The van der Waals surface area contributed by atoms with Gasteiger partial charge < -0.3 is 14.5 Å². The molecule has 0 bridgehead atoms. The van der Waals surface area contributed by atoms with Crippen molar-refractivity contribution in [3.63, 3.8) is 0 Å². The third-order valence-electron chi connectivity index (χ3n) is 2.92. The summed E-state index contributed by atoms with van der Waals surface area (Å²) in [7, 11) is 0. The van der Waals surface area contributed by atoms with Crippen LogP contribution in [0, 0.1) is 0 Å². The van der Waals surface area contributed by atoms with Gasteiger partial charge in [0.25, 0.3) is 0 Å². The summed E-state index contributed by atoms with van der Waals surface area (Å²) in [6.45, 7) is 7.34. The highest BCUT2D eigenvalue weighted by Crippen LogP contribution is 2.26. The molecule has 2 aromatic rings. The quantitative estimate of drug-likeness (QED) is 0.761. The Morgan fingerprint density at radius 3 is 2.83 bits per heavy atom. The number of benzene rings is 1. The van der Waals surface area contributed by atoms with E-state index in [0.717, 1.165) is 37.5 Å². The minimum atomic E-state index is 0.559. The summed E-state index contributed by atoms with van der Waals surface area (Å²) >= 11 is 0. The molecule has 0 amide bonds. The first kappa shape index (κ1) is 13.1.